The monoisotopic (exact) mass is 506 g/mol. The summed E-state index contributed by atoms with van der Waals surface area (Å²) < 4.78 is 13.8. The largest absolute Gasteiger partial charge is 0.378 e. The van der Waals surface area contributed by atoms with E-state index in [0.29, 0.717) is 28.9 Å². The first-order valence-corrected chi connectivity index (χ1v) is 13.5. The maximum absolute atomic E-state index is 12.9. The van der Waals surface area contributed by atoms with Crippen molar-refractivity contribution in [3.8, 4) is 0 Å². The highest BCUT2D eigenvalue weighted by Gasteiger charge is 2.60. The number of aliphatic hydroxyl groups is 2. The van der Waals surface area contributed by atoms with E-state index in [1.165, 1.54) is 0 Å². The lowest BCUT2D eigenvalue weighted by atomic mass is 9.71. The molecule has 0 bridgehead atoms. The topological polar surface area (TPSA) is 58.9 Å². The third-order valence-corrected chi connectivity index (χ3v) is 8.37. The quantitative estimate of drug-likeness (QED) is 0.339. The Labute approximate surface area is 224 Å². The maximum atomic E-state index is 12.9. The van der Waals surface area contributed by atoms with Gasteiger partial charge in [0, 0.05) is 0 Å². The van der Waals surface area contributed by atoms with Crippen molar-refractivity contribution in [1.82, 2.24) is 0 Å². The first-order valence-electron chi connectivity index (χ1n) is 13.5. The molecule has 2 N–H and O–H groups in total. The van der Waals surface area contributed by atoms with Crippen LogP contribution in [0.2, 0.25) is 0 Å². The zero-order valence-corrected chi connectivity index (χ0v) is 21.4. The molecule has 4 heteroatoms. The van der Waals surface area contributed by atoms with Crippen molar-refractivity contribution in [1.29, 1.82) is 0 Å². The Morgan fingerprint density at radius 2 is 0.868 bits per heavy atom. The third kappa shape index (κ3) is 4.18. The van der Waals surface area contributed by atoms with Gasteiger partial charge < -0.3 is 19.7 Å². The summed E-state index contributed by atoms with van der Waals surface area (Å²) in [5.74, 6) is 0. The van der Waals surface area contributed by atoms with Crippen LogP contribution in [0.1, 0.15) is 47.9 Å². The van der Waals surface area contributed by atoms with Crippen LogP contribution in [0.4, 0.5) is 0 Å². The smallest absolute Gasteiger partial charge is 0.143 e. The highest BCUT2D eigenvalue weighted by Crippen LogP contribution is 2.50. The number of hydrogen-bond donors (Lipinski definition) is 2. The minimum absolute atomic E-state index is 0.371. The average molecular weight is 507 g/mol. The molecule has 2 fully saturated rings. The van der Waals surface area contributed by atoms with Crippen LogP contribution in [0.15, 0.2) is 121 Å². The van der Waals surface area contributed by atoms with Crippen LogP contribution in [-0.2, 0) is 20.7 Å². The van der Waals surface area contributed by atoms with Gasteiger partial charge in [0.15, 0.2) is 0 Å². The summed E-state index contributed by atoms with van der Waals surface area (Å²) in [5.41, 5.74) is -0.878. The van der Waals surface area contributed by atoms with Crippen LogP contribution >= 0.6 is 0 Å². The fourth-order valence-electron chi connectivity index (χ4n) is 6.38. The van der Waals surface area contributed by atoms with E-state index in [2.05, 4.69) is 0 Å². The first kappa shape index (κ1) is 25.0. The Morgan fingerprint density at radius 3 is 1.24 bits per heavy atom. The van der Waals surface area contributed by atoms with E-state index in [4.69, 9.17) is 9.47 Å². The molecule has 38 heavy (non-hydrogen) atoms. The molecule has 1 aliphatic heterocycles. The van der Waals surface area contributed by atoms with Gasteiger partial charge in [0.05, 0.1) is 12.2 Å². The van der Waals surface area contributed by atoms with Crippen molar-refractivity contribution in [2.75, 3.05) is 6.61 Å². The Kier molecular flexibility index (Phi) is 6.67. The van der Waals surface area contributed by atoms with E-state index in [1.54, 1.807) is 0 Å². The van der Waals surface area contributed by atoms with E-state index in [1.807, 2.05) is 121 Å². The van der Waals surface area contributed by atoms with Gasteiger partial charge in [0.2, 0.25) is 0 Å². The Morgan fingerprint density at radius 1 is 0.526 bits per heavy atom. The molecule has 0 aromatic heterocycles. The summed E-state index contributed by atoms with van der Waals surface area (Å²) in [7, 11) is 0. The molecule has 2 atom stereocenters. The van der Waals surface area contributed by atoms with Crippen LogP contribution in [0.3, 0.4) is 0 Å². The zero-order chi connectivity index (χ0) is 26.1. The van der Waals surface area contributed by atoms with Gasteiger partial charge in [-0.15, -0.1) is 0 Å². The summed E-state index contributed by atoms with van der Waals surface area (Å²) in [5, 5.41) is 25.8. The second kappa shape index (κ2) is 10.1. The van der Waals surface area contributed by atoms with Gasteiger partial charge in [-0.2, -0.15) is 0 Å². The minimum Gasteiger partial charge on any atom is -0.378 e. The molecule has 4 aromatic carbocycles. The molecule has 0 unspecified atom stereocenters. The molecule has 1 saturated carbocycles. The van der Waals surface area contributed by atoms with Crippen molar-refractivity contribution in [3.05, 3.63) is 144 Å². The van der Waals surface area contributed by atoms with E-state index in [0.717, 1.165) is 25.7 Å². The average Bonchev–Trinajstić information content (AvgIpc) is 3.45. The highest BCUT2D eigenvalue weighted by atomic mass is 16.6. The summed E-state index contributed by atoms with van der Waals surface area (Å²) in [6.07, 6.45) is 2.04. The summed E-state index contributed by atoms with van der Waals surface area (Å²) in [4.78, 5) is 0. The molecule has 1 saturated heterocycles. The summed E-state index contributed by atoms with van der Waals surface area (Å²) in [6, 6.07) is 38.5. The summed E-state index contributed by atoms with van der Waals surface area (Å²) in [6.45, 7) is 0.371. The molecule has 0 radical (unpaired) electrons. The Bertz CT molecular complexity index is 1240. The molecule has 6 rings (SSSR count). The zero-order valence-electron chi connectivity index (χ0n) is 21.4. The molecular formula is C34H34O4. The Hall–Kier alpha value is -3.28. The number of benzene rings is 4. The molecule has 1 heterocycles. The van der Waals surface area contributed by atoms with Gasteiger partial charge >= 0.3 is 0 Å². The normalized spacial score (nSPS) is 21.4. The van der Waals surface area contributed by atoms with Gasteiger partial charge in [-0.3, -0.25) is 0 Å². The standard InChI is InChI=1S/C34H34O4/c35-33(26-15-5-1-6-16-26,27-17-7-2-8-18-27)30-31(38-32(25-37-30)23-13-14-24-32)34(36,28-19-9-3-10-20-28)29-21-11-4-12-22-29/h1-12,15-22,30-31,35-36H,13-14,23-25H2/t30-,31-/m1/s1. The molecule has 4 aromatic rings. The fraction of sp³-hybridized carbons (Fsp3) is 0.294. The molecule has 194 valence electrons. The minimum atomic E-state index is -1.58. The van der Waals surface area contributed by atoms with Crippen molar-refractivity contribution in [2.24, 2.45) is 0 Å². The van der Waals surface area contributed by atoms with Gasteiger partial charge in [0.1, 0.15) is 23.4 Å². The maximum Gasteiger partial charge on any atom is 0.143 e. The fourth-order valence-corrected chi connectivity index (χ4v) is 6.38. The number of hydrogen-bond acceptors (Lipinski definition) is 4. The van der Waals surface area contributed by atoms with Crippen molar-refractivity contribution in [3.63, 3.8) is 0 Å². The molecule has 1 spiro atoms. The van der Waals surface area contributed by atoms with Crippen LogP contribution in [0.5, 0.6) is 0 Å². The van der Waals surface area contributed by atoms with E-state index >= 15 is 0 Å². The molecule has 1 aliphatic carbocycles. The second-order valence-electron chi connectivity index (χ2n) is 10.7. The predicted molar refractivity (Wildman–Crippen MR) is 148 cm³/mol. The van der Waals surface area contributed by atoms with Gasteiger partial charge in [-0.1, -0.05) is 134 Å². The van der Waals surface area contributed by atoms with Crippen molar-refractivity contribution >= 4 is 0 Å². The lowest BCUT2D eigenvalue weighted by molar-refractivity contribution is -0.300. The highest BCUT2D eigenvalue weighted by molar-refractivity contribution is 5.43. The first-order chi connectivity index (χ1) is 18.6. The second-order valence-corrected chi connectivity index (χ2v) is 10.7. The van der Waals surface area contributed by atoms with Gasteiger partial charge in [-0.25, -0.2) is 0 Å². The molecular weight excluding hydrogens is 472 g/mol. The lowest BCUT2D eigenvalue weighted by Gasteiger charge is -2.53. The predicted octanol–water partition coefficient (Wildman–Crippen LogP) is 5.96. The Balaban J connectivity index is 1.59. The molecule has 0 amide bonds. The van der Waals surface area contributed by atoms with Gasteiger partial charge in [-0.05, 0) is 35.1 Å². The van der Waals surface area contributed by atoms with Crippen LogP contribution in [0.25, 0.3) is 0 Å². The van der Waals surface area contributed by atoms with Gasteiger partial charge in [0.25, 0.3) is 0 Å². The third-order valence-electron chi connectivity index (χ3n) is 8.37. The van der Waals surface area contributed by atoms with E-state index in [-0.39, 0.29) is 0 Å². The SMILES string of the molecule is OC(c1ccccc1)(c1ccccc1)[C@@H]1OCC2(CCCC2)O[C@H]1C(O)(c1ccccc1)c1ccccc1. The molecule has 2 aliphatic rings. The lowest BCUT2D eigenvalue weighted by Crippen LogP contribution is -2.65. The van der Waals surface area contributed by atoms with Crippen molar-refractivity contribution in [2.45, 2.75) is 54.7 Å². The van der Waals surface area contributed by atoms with Crippen LogP contribution in [0, 0.1) is 0 Å². The van der Waals surface area contributed by atoms with Crippen LogP contribution in [-0.4, -0.2) is 34.6 Å². The van der Waals surface area contributed by atoms with E-state index < -0.39 is 29.0 Å². The van der Waals surface area contributed by atoms with Crippen molar-refractivity contribution < 1.29 is 19.7 Å². The van der Waals surface area contributed by atoms with E-state index in [9.17, 15) is 10.2 Å². The number of rotatable bonds is 6. The summed E-state index contributed by atoms with van der Waals surface area (Å²) >= 11 is 0. The van der Waals surface area contributed by atoms with Crippen LogP contribution < -0.4 is 0 Å². The molecule has 4 nitrogen and oxygen atoms in total. The number of ether oxygens (including phenoxy) is 2.